The lowest BCUT2D eigenvalue weighted by Crippen LogP contribution is -3.10. The average molecular weight is 506 g/mol. The zero-order valence-electron chi connectivity index (χ0n) is 21.6. The molecule has 0 saturated carbocycles. The molecule has 6 nitrogen and oxygen atoms in total. The predicted octanol–water partition coefficient (Wildman–Crippen LogP) is 4.25. The first-order valence-corrected chi connectivity index (χ1v) is 13.6. The minimum absolute atomic E-state index is 0.0132. The molecule has 1 aromatic heterocycles. The second-order valence-electron chi connectivity index (χ2n) is 10.4. The fourth-order valence-corrected chi connectivity index (χ4v) is 5.86. The monoisotopic (exact) mass is 505 g/mol. The van der Waals surface area contributed by atoms with Gasteiger partial charge >= 0.3 is 0 Å². The number of hydrogen-bond donors (Lipinski definition) is 2. The Hall–Kier alpha value is -4.03. The zero-order valence-corrected chi connectivity index (χ0v) is 21.6. The van der Waals surface area contributed by atoms with E-state index in [0.717, 1.165) is 80.6 Å². The van der Waals surface area contributed by atoms with E-state index in [1.165, 1.54) is 10.5 Å². The highest BCUT2D eigenvalue weighted by molar-refractivity contribution is 6.15. The van der Waals surface area contributed by atoms with Crippen molar-refractivity contribution in [2.45, 2.75) is 38.8 Å². The molecule has 0 spiro atoms. The smallest absolute Gasteiger partial charge is 0.256 e. The maximum Gasteiger partial charge on any atom is 0.256 e. The molecule has 2 N–H and O–H groups in total. The molecular formula is C32H33N4O2+. The van der Waals surface area contributed by atoms with Crippen LogP contribution in [0.5, 0.6) is 0 Å². The summed E-state index contributed by atoms with van der Waals surface area (Å²) >= 11 is 0. The predicted molar refractivity (Wildman–Crippen MR) is 149 cm³/mol. The molecule has 0 aliphatic carbocycles. The van der Waals surface area contributed by atoms with Gasteiger partial charge in [0.25, 0.3) is 11.8 Å². The summed E-state index contributed by atoms with van der Waals surface area (Å²) in [5, 5.41) is 3.98. The lowest BCUT2D eigenvalue weighted by atomic mass is 9.94. The van der Waals surface area contributed by atoms with E-state index in [9.17, 15) is 9.59 Å². The summed E-state index contributed by atoms with van der Waals surface area (Å²) < 4.78 is 0. The van der Waals surface area contributed by atoms with Crippen LogP contribution in [0, 0.1) is 0 Å². The molecule has 3 aromatic carbocycles. The number of nitrogens with one attached hydrogen (secondary N) is 2. The SMILES string of the molecule is O=C(Nc1ccccc1C(=O)N1CCCCC1)c1c2c(nc3ccccc13)CC[NH+](Cc1ccccc1)C2. The number of carbonyl (C=O) groups excluding carboxylic acids is 2. The van der Waals surface area contributed by atoms with Gasteiger partial charge in [0, 0.05) is 36.0 Å². The van der Waals surface area contributed by atoms with Gasteiger partial charge in [0.2, 0.25) is 0 Å². The summed E-state index contributed by atoms with van der Waals surface area (Å²) in [4.78, 5) is 35.7. The van der Waals surface area contributed by atoms with Crippen LogP contribution in [0.3, 0.4) is 0 Å². The number of fused-ring (bicyclic) bond motifs is 2. The van der Waals surface area contributed by atoms with E-state index in [-0.39, 0.29) is 11.8 Å². The molecular weight excluding hydrogens is 472 g/mol. The number of anilines is 1. The Morgan fingerprint density at radius 2 is 1.61 bits per heavy atom. The number of piperidine rings is 1. The topological polar surface area (TPSA) is 66.7 Å². The molecule has 1 saturated heterocycles. The number of aromatic nitrogens is 1. The van der Waals surface area contributed by atoms with Crippen molar-refractivity contribution in [3.8, 4) is 0 Å². The molecule has 6 rings (SSSR count). The summed E-state index contributed by atoms with van der Waals surface area (Å²) in [6.45, 7) is 4.15. The van der Waals surface area contributed by atoms with Gasteiger partial charge < -0.3 is 15.1 Å². The van der Waals surface area contributed by atoms with Crippen molar-refractivity contribution in [3.63, 3.8) is 0 Å². The van der Waals surface area contributed by atoms with Crippen molar-refractivity contribution in [1.82, 2.24) is 9.88 Å². The summed E-state index contributed by atoms with van der Waals surface area (Å²) in [6.07, 6.45) is 4.03. The van der Waals surface area contributed by atoms with Gasteiger partial charge in [-0.15, -0.1) is 0 Å². The third kappa shape index (κ3) is 4.92. The van der Waals surface area contributed by atoms with Gasteiger partial charge in [-0.25, -0.2) is 0 Å². The lowest BCUT2D eigenvalue weighted by molar-refractivity contribution is -0.929. The molecule has 192 valence electrons. The van der Waals surface area contributed by atoms with Crippen LogP contribution in [0.1, 0.15) is 56.8 Å². The minimum Gasteiger partial charge on any atom is -0.339 e. The Kier molecular flexibility index (Phi) is 6.88. The first kappa shape index (κ1) is 24.3. The van der Waals surface area contributed by atoms with Crippen molar-refractivity contribution in [2.75, 3.05) is 25.0 Å². The van der Waals surface area contributed by atoms with Crippen LogP contribution >= 0.6 is 0 Å². The first-order chi connectivity index (χ1) is 18.7. The lowest BCUT2D eigenvalue weighted by Gasteiger charge is -2.28. The van der Waals surface area contributed by atoms with Crippen LogP contribution in [0.4, 0.5) is 5.69 Å². The van der Waals surface area contributed by atoms with E-state index >= 15 is 0 Å². The van der Waals surface area contributed by atoms with Crippen LogP contribution < -0.4 is 10.2 Å². The van der Waals surface area contributed by atoms with Crippen molar-refractivity contribution in [1.29, 1.82) is 0 Å². The number of amides is 2. The summed E-state index contributed by atoms with van der Waals surface area (Å²) in [5.41, 5.74) is 5.92. The highest BCUT2D eigenvalue weighted by atomic mass is 16.2. The standard InChI is InChI=1S/C32H32N4O2/c37-31(34-28-16-8-6-14-25(28)32(38)36-18-9-2-10-19-36)30-24-13-5-7-15-27(24)33-29-17-20-35(22-26(29)30)21-23-11-3-1-4-12-23/h1,3-8,11-16H,2,9-10,17-22H2,(H,34,37)/p+1. The summed E-state index contributed by atoms with van der Waals surface area (Å²) in [7, 11) is 0. The van der Waals surface area contributed by atoms with Crippen LogP contribution in [-0.2, 0) is 19.5 Å². The van der Waals surface area contributed by atoms with Crippen LogP contribution in [-0.4, -0.2) is 41.3 Å². The number of nitrogens with zero attached hydrogens (tertiary/aromatic N) is 2. The quantitative estimate of drug-likeness (QED) is 0.426. The van der Waals surface area contributed by atoms with E-state index in [2.05, 4.69) is 29.6 Å². The van der Waals surface area contributed by atoms with Gasteiger partial charge in [-0.05, 0) is 37.5 Å². The molecule has 2 aliphatic rings. The fourth-order valence-electron chi connectivity index (χ4n) is 5.86. The molecule has 0 bridgehead atoms. The number of carbonyl (C=O) groups is 2. The van der Waals surface area contributed by atoms with Crippen molar-refractivity contribution >= 4 is 28.4 Å². The summed E-state index contributed by atoms with van der Waals surface area (Å²) in [6, 6.07) is 25.8. The Bertz CT molecular complexity index is 1480. The van der Waals surface area contributed by atoms with Gasteiger partial charge in [0.1, 0.15) is 13.1 Å². The Labute approximate surface area is 223 Å². The molecule has 1 unspecified atom stereocenters. The van der Waals surface area contributed by atoms with E-state index in [1.807, 2.05) is 59.5 Å². The molecule has 1 fully saturated rings. The van der Waals surface area contributed by atoms with Gasteiger partial charge in [-0.1, -0.05) is 60.7 Å². The Morgan fingerprint density at radius 3 is 2.45 bits per heavy atom. The highest BCUT2D eigenvalue weighted by Gasteiger charge is 2.29. The summed E-state index contributed by atoms with van der Waals surface area (Å²) in [5.74, 6) is -0.194. The van der Waals surface area contributed by atoms with E-state index in [1.54, 1.807) is 0 Å². The largest absolute Gasteiger partial charge is 0.339 e. The second-order valence-corrected chi connectivity index (χ2v) is 10.4. The maximum atomic E-state index is 14.0. The van der Waals surface area contributed by atoms with Gasteiger partial charge in [0.15, 0.2) is 0 Å². The van der Waals surface area contributed by atoms with E-state index in [0.29, 0.717) is 16.8 Å². The van der Waals surface area contributed by atoms with Crippen LogP contribution in [0.15, 0.2) is 78.9 Å². The van der Waals surface area contributed by atoms with E-state index < -0.39 is 0 Å². The number of quaternary nitrogens is 1. The minimum atomic E-state index is -0.181. The van der Waals surface area contributed by atoms with Crippen molar-refractivity contribution < 1.29 is 14.5 Å². The Morgan fingerprint density at radius 1 is 0.868 bits per heavy atom. The van der Waals surface area contributed by atoms with Gasteiger partial charge in [-0.3, -0.25) is 14.6 Å². The normalized spacial score (nSPS) is 17.2. The molecule has 1 atom stereocenters. The van der Waals surface area contributed by atoms with Gasteiger partial charge in [-0.2, -0.15) is 0 Å². The number of pyridine rings is 1. The van der Waals surface area contributed by atoms with Crippen molar-refractivity contribution in [3.05, 3.63) is 107 Å². The molecule has 6 heteroatoms. The number of para-hydroxylation sites is 2. The molecule has 38 heavy (non-hydrogen) atoms. The zero-order chi connectivity index (χ0) is 25.9. The number of hydrogen-bond acceptors (Lipinski definition) is 3. The van der Waals surface area contributed by atoms with Gasteiger partial charge in [0.05, 0.1) is 34.6 Å². The van der Waals surface area contributed by atoms with E-state index in [4.69, 9.17) is 4.98 Å². The van der Waals surface area contributed by atoms with Crippen LogP contribution in [0.2, 0.25) is 0 Å². The molecule has 3 heterocycles. The number of rotatable bonds is 5. The first-order valence-electron chi connectivity index (χ1n) is 13.6. The third-order valence-corrected chi connectivity index (χ3v) is 7.79. The third-order valence-electron chi connectivity index (χ3n) is 7.79. The fraction of sp³-hybridized carbons (Fsp3) is 0.281. The average Bonchev–Trinajstić information content (AvgIpc) is 2.97. The highest BCUT2D eigenvalue weighted by Crippen LogP contribution is 2.27. The molecule has 4 aromatic rings. The Balaban J connectivity index is 1.34. The number of benzene rings is 3. The molecule has 2 amide bonds. The maximum absolute atomic E-state index is 14.0. The second kappa shape index (κ2) is 10.8. The number of likely N-dealkylation sites (tertiary alicyclic amines) is 1. The molecule has 0 radical (unpaired) electrons. The van der Waals surface area contributed by atoms with Crippen molar-refractivity contribution in [2.24, 2.45) is 0 Å². The molecule has 2 aliphatic heterocycles. The van der Waals surface area contributed by atoms with Crippen LogP contribution in [0.25, 0.3) is 10.9 Å².